The fourth-order valence-corrected chi connectivity index (χ4v) is 5.32. The molecule has 5 rings (SSSR count). The fraction of sp³-hybridized carbons (Fsp3) is 0.286. The maximum atomic E-state index is 13.8. The summed E-state index contributed by atoms with van der Waals surface area (Å²) in [5, 5.41) is 0.494. The molecule has 0 aliphatic carbocycles. The van der Waals surface area contributed by atoms with E-state index in [-0.39, 0.29) is 24.9 Å². The van der Waals surface area contributed by atoms with Gasteiger partial charge in [-0.15, -0.1) is 0 Å². The van der Waals surface area contributed by atoms with Crippen LogP contribution >= 0.6 is 11.6 Å². The summed E-state index contributed by atoms with van der Waals surface area (Å²) >= 11 is 5.95. The molecule has 3 aromatic carbocycles. The minimum Gasteiger partial charge on any atom is -0.338 e. The lowest BCUT2D eigenvalue weighted by Gasteiger charge is -2.32. The molecule has 2 aliphatic rings. The van der Waals surface area contributed by atoms with Crippen LogP contribution in [0.5, 0.6) is 0 Å². The number of rotatable bonds is 3. The largest absolute Gasteiger partial charge is 0.416 e. The van der Waals surface area contributed by atoms with Crippen LogP contribution in [-0.2, 0) is 23.9 Å². The third kappa shape index (κ3) is 4.85. The van der Waals surface area contributed by atoms with E-state index in [1.807, 2.05) is 24.3 Å². The van der Waals surface area contributed by atoms with Gasteiger partial charge < -0.3 is 9.80 Å². The Labute approximate surface area is 212 Å². The monoisotopic (exact) mass is 512 g/mol. The molecule has 1 saturated heterocycles. The van der Waals surface area contributed by atoms with Gasteiger partial charge in [-0.3, -0.25) is 9.59 Å². The Morgan fingerprint density at radius 2 is 1.58 bits per heavy atom. The summed E-state index contributed by atoms with van der Waals surface area (Å²) in [6, 6.07) is 19.5. The van der Waals surface area contributed by atoms with E-state index in [0.29, 0.717) is 29.2 Å². The number of hydrogen-bond donors (Lipinski definition) is 0. The van der Waals surface area contributed by atoms with Crippen molar-refractivity contribution in [2.24, 2.45) is 5.92 Å². The van der Waals surface area contributed by atoms with E-state index in [0.717, 1.165) is 24.1 Å². The molecular formula is C28H24ClF3N2O2. The van der Waals surface area contributed by atoms with Crippen molar-refractivity contribution < 1.29 is 22.8 Å². The average molecular weight is 513 g/mol. The van der Waals surface area contributed by atoms with Gasteiger partial charge in [0.25, 0.3) is 5.91 Å². The predicted molar refractivity (Wildman–Crippen MR) is 131 cm³/mol. The van der Waals surface area contributed by atoms with Crippen molar-refractivity contribution in [3.8, 4) is 0 Å². The van der Waals surface area contributed by atoms with Gasteiger partial charge in [0.15, 0.2) is 0 Å². The van der Waals surface area contributed by atoms with Gasteiger partial charge in [-0.25, -0.2) is 0 Å². The molecule has 4 nitrogen and oxygen atoms in total. The number of nitrogens with zero attached hydrogens (tertiary/aromatic N) is 2. The van der Waals surface area contributed by atoms with Crippen LogP contribution in [0.2, 0.25) is 5.02 Å². The molecule has 2 amide bonds. The number of amides is 2. The van der Waals surface area contributed by atoms with Crippen LogP contribution in [0.1, 0.15) is 38.5 Å². The lowest BCUT2D eigenvalue weighted by atomic mass is 9.86. The Hall–Kier alpha value is -3.32. The highest BCUT2D eigenvalue weighted by molar-refractivity contribution is 6.30. The lowest BCUT2D eigenvalue weighted by molar-refractivity contribution is -0.137. The maximum Gasteiger partial charge on any atom is 0.416 e. The van der Waals surface area contributed by atoms with E-state index in [4.69, 9.17) is 11.6 Å². The van der Waals surface area contributed by atoms with Crippen molar-refractivity contribution in [2.75, 3.05) is 19.6 Å². The smallest absolute Gasteiger partial charge is 0.338 e. The summed E-state index contributed by atoms with van der Waals surface area (Å²) in [5.41, 5.74) is 2.33. The Kier molecular flexibility index (Phi) is 6.51. The van der Waals surface area contributed by atoms with Gasteiger partial charge in [-0.2, -0.15) is 13.2 Å². The van der Waals surface area contributed by atoms with Crippen LogP contribution in [0.15, 0.2) is 72.8 Å². The Bertz CT molecular complexity index is 1290. The first kappa shape index (κ1) is 24.4. The van der Waals surface area contributed by atoms with Gasteiger partial charge in [-0.1, -0.05) is 54.1 Å². The molecule has 0 unspecified atom stereocenters. The molecule has 2 heterocycles. The molecule has 0 aromatic heterocycles. The highest BCUT2D eigenvalue weighted by Crippen LogP contribution is 2.38. The number of carbonyl (C=O) groups is 2. The van der Waals surface area contributed by atoms with Gasteiger partial charge >= 0.3 is 6.18 Å². The summed E-state index contributed by atoms with van der Waals surface area (Å²) in [6.45, 7) is 1.28. The SMILES string of the molecule is O=C(c1ccc(Cl)cc1)N1C[C@H](C(=O)N2CCc3ccccc3C2)[C@H](c2cccc(C(F)(F)F)c2)C1. The molecule has 8 heteroatoms. The normalized spacial score (nSPS) is 19.8. The number of hydrogen-bond acceptors (Lipinski definition) is 2. The molecule has 186 valence electrons. The van der Waals surface area contributed by atoms with Crippen LogP contribution in [0.4, 0.5) is 13.2 Å². The van der Waals surface area contributed by atoms with E-state index in [1.165, 1.54) is 11.6 Å². The molecule has 2 aliphatic heterocycles. The third-order valence-electron chi connectivity index (χ3n) is 7.10. The molecule has 0 bridgehead atoms. The van der Waals surface area contributed by atoms with E-state index in [1.54, 1.807) is 40.1 Å². The minimum atomic E-state index is -4.50. The zero-order chi connectivity index (χ0) is 25.4. The summed E-state index contributed by atoms with van der Waals surface area (Å²) < 4.78 is 40.4. The van der Waals surface area contributed by atoms with Gasteiger partial charge in [0.1, 0.15) is 0 Å². The first-order chi connectivity index (χ1) is 17.2. The van der Waals surface area contributed by atoms with Crippen molar-refractivity contribution in [2.45, 2.75) is 25.1 Å². The van der Waals surface area contributed by atoms with Crippen molar-refractivity contribution >= 4 is 23.4 Å². The second-order valence-electron chi connectivity index (χ2n) is 9.33. The van der Waals surface area contributed by atoms with Crippen LogP contribution in [0, 0.1) is 5.92 Å². The van der Waals surface area contributed by atoms with Gasteiger partial charge in [0.2, 0.25) is 5.91 Å². The molecule has 3 aromatic rings. The zero-order valence-corrected chi connectivity index (χ0v) is 20.1. The number of likely N-dealkylation sites (tertiary alicyclic amines) is 1. The molecule has 36 heavy (non-hydrogen) atoms. The van der Waals surface area contributed by atoms with Gasteiger partial charge in [-0.05, 0) is 53.4 Å². The Morgan fingerprint density at radius 1 is 0.861 bits per heavy atom. The number of halogens is 4. The van der Waals surface area contributed by atoms with Gasteiger partial charge in [0, 0.05) is 42.7 Å². The van der Waals surface area contributed by atoms with Gasteiger partial charge in [0.05, 0.1) is 11.5 Å². The topological polar surface area (TPSA) is 40.6 Å². The van der Waals surface area contributed by atoms with Crippen molar-refractivity contribution in [3.05, 3.63) is 106 Å². The highest BCUT2D eigenvalue weighted by atomic mass is 35.5. The van der Waals surface area contributed by atoms with Crippen LogP contribution in [-0.4, -0.2) is 41.2 Å². The number of carbonyl (C=O) groups excluding carboxylic acids is 2. The maximum absolute atomic E-state index is 13.8. The molecular weight excluding hydrogens is 489 g/mol. The summed E-state index contributed by atoms with van der Waals surface area (Å²) in [6.07, 6.45) is -3.78. The highest BCUT2D eigenvalue weighted by Gasteiger charge is 2.43. The van der Waals surface area contributed by atoms with Crippen LogP contribution in [0.3, 0.4) is 0 Å². The number of benzene rings is 3. The number of alkyl halides is 3. The first-order valence-corrected chi connectivity index (χ1v) is 12.2. The molecule has 0 spiro atoms. The molecule has 2 atom stereocenters. The van der Waals surface area contributed by atoms with E-state index in [9.17, 15) is 22.8 Å². The second-order valence-corrected chi connectivity index (χ2v) is 9.77. The van der Waals surface area contributed by atoms with Crippen LogP contribution in [0.25, 0.3) is 0 Å². The first-order valence-electron chi connectivity index (χ1n) is 11.8. The van der Waals surface area contributed by atoms with Crippen molar-refractivity contribution in [1.82, 2.24) is 9.80 Å². The van der Waals surface area contributed by atoms with Crippen LogP contribution < -0.4 is 0 Å². The average Bonchev–Trinajstić information content (AvgIpc) is 3.33. The minimum absolute atomic E-state index is 0.138. The van der Waals surface area contributed by atoms with E-state index < -0.39 is 23.6 Å². The number of fused-ring (bicyclic) bond motifs is 1. The van der Waals surface area contributed by atoms with E-state index >= 15 is 0 Å². The fourth-order valence-electron chi connectivity index (χ4n) is 5.20. The quantitative estimate of drug-likeness (QED) is 0.445. The summed E-state index contributed by atoms with van der Waals surface area (Å²) in [4.78, 5) is 30.4. The standard InChI is InChI=1S/C28H24ClF3N2O2/c29-23-10-8-19(9-11-23)26(35)34-16-24(20-6-3-7-22(14-20)28(30,31)32)25(17-34)27(36)33-13-12-18-4-1-2-5-21(18)15-33/h1-11,14,24-25H,12-13,15-17H2/t24-,25-/m0/s1. The molecule has 0 radical (unpaired) electrons. The second kappa shape index (κ2) is 9.62. The Balaban J connectivity index is 1.45. The summed E-state index contributed by atoms with van der Waals surface area (Å²) in [7, 11) is 0. The Morgan fingerprint density at radius 3 is 2.31 bits per heavy atom. The molecule has 0 saturated carbocycles. The molecule has 1 fully saturated rings. The van der Waals surface area contributed by atoms with Crippen molar-refractivity contribution in [3.63, 3.8) is 0 Å². The zero-order valence-electron chi connectivity index (χ0n) is 19.3. The molecule has 0 N–H and O–H groups in total. The third-order valence-corrected chi connectivity index (χ3v) is 7.35. The summed E-state index contributed by atoms with van der Waals surface area (Å²) in [5.74, 6) is -1.61. The van der Waals surface area contributed by atoms with E-state index in [2.05, 4.69) is 0 Å². The van der Waals surface area contributed by atoms with Crippen molar-refractivity contribution in [1.29, 1.82) is 0 Å². The lowest BCUT2D eigenvalue weighted by Crippen LogP contribution is -2.42. The predicted octanol–water partition coefficient (Wildman–Crippen LogP) is 5.80.